The van der Waals surface area contributed by atoms with Crippen LogP contribution in [0.4, 0.5) is 0 Å². The Bertz CT molecular complexity index is 187. The number of methoxy groups -OCH3 is 1. The van der Waals surface area contributed by atoms with Gasteiger partial charge in [-0.3, -0.25) is 0 Å². The number of hydrogen-bond acceptors (Lipinski definition) is 3. The maximum atomic E-state index is 8.33. The van der Waals surface area contributed by atoms with Gasteiger partial charge < -0.3 is 9.94 Å². The molecule has 1 rings (SSSR count). The van der Waals surface area contributed by atoms with E-state index in [4.69, 9.17) is 9.94 Å². The molecule has 0 spiro atoms. The Morgan fingerprint density at radius 1 is 1.83 bits per heavy atom. The van der Waals surface area contributed by atoms with Crippen LogP contribution < -0.4 is 0 Å². The first-order valence-electron chi connectivity index (χ1n) is 4.22. The average Bonchev–Trinajstić information content (AvgIpc) is 2.06. The molecule has 0 heterocycles. The van der Waals surface area contributed by atoms with Crippen LogP contribution in [0.15, 0.2) is 16.8 Å². The van der Waals surface area contributed by atoms with Crippen molar-refractivity contribution in [3.8, 4) is 0 Å². The van der Waals surface area contributed by atoms with Crippen LogP contribution in [0.3, 0.4) is 0 Å². The summed E-state index contributed by atoms with van der Waals surface area (Å²) < 4.78 is 5.07. The summed E-state index contributed by atoms with van der Waals surface area (Å²) in [5.74, 6) is 0.591. The highest BCUT2D eigenvalue weighted by molar-refractivity contribution is 5.78. The zero-order valence-electron chi connectivity index (χ0n) is 7.36. The molecule has 68 valence electrons. The molecule has 0 saturated heterocycles. The smallest absolute Gasteiger partial charge is 0.0690 e. The third kappa shape index (κ3) is 2.66. The van der Waals surface area contributed by atoms with Gasteiger partial charge in [0.1, 0.15) is 0 Å². The highest BCUT2D eigenvalue weighted by Gasteiger charge is 2.13. The summed E-state index contributed by atoms with van der Waals surface area (Å²) >= 11 is 0. The Hall–Kier alpha value is -0.830. The standard InChI is InChI=1S/C9H15NO2/c1-12-7-9-4-2-3-8(5-9)6-10-11/h3,6,9,11H,2,4-5,7H2,1H3/b10-6+. The van der Waals surface area contributed by atoms with Crippen LogP contribution in [0, 0.1) is 5.92 Å². The number of allylic oxidation sites excluding steroid dienone is 2. The predicted octanol–water partition coefficient (Wildman–Crippen LogP) is 1.82. The number of rotatable bonds is 3. The van der Waals surface area contributed by atoms with E-state index in [0.29, 0.717) is 5.92 Å². The molecule has 1 N–H and O–H groups in total. The molecule has 1 aliphatic carbocycles. The van der Waals surface area contributed by atoms with Crippen LogP contribution in [0.1, 0.15) is 19.3 Å². The minimum atomic E-state index is 0.591. The van der Waals surface area contributed by atoms with Gasteiger partial charge in [-0.1, -0.05) is 11.2 Å². The summed E-state index contributed by atoms with van der Waals surface area (Å²) in [5.41, 5.74) is 1.12. The van der Waals surface area contributed by atoms with Gasteiger partial charge in [-0.25, -0.2) is 0 Å². The van der Waals surface area contributed by atoms with Crippen LogP contribution in [-0.2, 0) is 4.74 Å². The summed E-state index contributed by atoms with van der Waals surface area (Å²) in [6.07, 6.45) is 6.84. The number of oxime groups is 1. The minimum absolute atomic E-state index is 0.591. The zero-order chi connectivity index (χ0) is 8.81. The van der Waals surface area contributed by atoms with E-state index in [9.17, 15) is 0 Å². The predicted molar refractivity (Wildman–Crippen MR) is 47.6 cm³/mol. The van der Waals surface area contributed by atoms with Crippen molar-refractivity contribution in [2.45, 2.75) is 19.3 Å². The second kappa shape index (κ2) is 4.93. The highest BCUT2D eigenvalue weighted by Crippen LogP contribution is 2.22. The quantitative estimate of drug-likeness (QED) is 0.398. The fourth-order valence-corrected chi connectivity index (χ4v) is 1.58. The molecule has 1 aliphatic rings. The third-order valence-corrected chi connectivity index (χ3v) is 2.13. The molecule has 0 aromatic rings. The van der Waals surface area contributed by atoms with E-state index in [-0.39, 0.29) is 0 Å². The first kappa shape index (κ1) is 9.26. The van der Waals surface area contributed by atoms with E-state index in [1.165, 1.54) is 12.6 Å². The summed E-state index contributed by atoms with van der Waals surface area (Å²) in [4.78, 5) is 0. The normalized spacial score (nSPS) is 24.4. The minimum Gasteiger partial charge on any atom is -0.411 e. The van der Waals surface area contributed by atoms with E-state index < -0.39 is 0 Å². The SMILES string of the molecule is COCC1CCC=C(/C=N/O)C1. The molecule has 0 aromatic carbocycles. The van der Waals surface area contributed by atoms with Crippen LogP contribution in [0.5, 0.6) is 0 Å². The lowest BCUT2D eigenvalue weighted by Gasteiger charge is -2.19. The monoisotopic (exact) mass is 169 g/mol. The fourth-order valence-electron chi connectivity index (χ4n) is 1.58. The number of hydrogen-bond donors (Lipinski definition) is 1. The lowest BCUT2D eigenvalue weighted by Crippen LogP contribution is -2.12. The van der Waals surface area contributed by atoms with Crippen molar-refractivity contribution in [3.05, 3.63) is 11.6 Å². The van der Waals surface area contributed by atoms with Crippen molar-refractivity contribution in [2.24, 2.45) is 11.1 Å². The van der Waals surface area contributed by atoms with Gasteiger partial charge in [0.05, 0.1) is 6.21 Å². The van der Waals surface area contributed by atoms with Gasteiger partial charge in [-0.2, -0.15) is 0 Å². The van der Waals surface area contributed by atoms with Crippen LogP contribution in [0.2, 0.25) is 0 Å². The fraction of sp³-hybridized carbons (Fsp3) is 0.667. The Balaban J connectivity index is 2.42. The van der Waals surface area contributed by atoms with Gasteiger partial charge in [0.25, 0.3) is 0 Å². The van der Waals surface area contributed by atoms with Crippen molar-refractivity contribution in [2.75, 3.05) is 13.7 Å². The van der Waals surface area contributed by atoms with Gasteiger partial charge in [-0.15, -0.1) is 0 Å². The molecule has 0 bridgehead atoms. The van der Waals surface area contributed by atoms with Crippen LogP contribution in [0.25, 0.3) is 0 Å². The maximum absolute atomic E-state index is 8.33. The molecule has 3 nitrogen and oxygen atoms in total. The van der Waals surface area contributed by atoms with E-state index in [1.54, 1.807) is 7.11 Å². The van der Waals surface area contributed by atoms with Crippen molar-refractivity contribution >= 4 is 6.21 Å². The first-order valence-corrected chi connectivity index (χ1v) is 4.22. The molecular formula is C9H15NO2. The molecule has 1 atom stereocenters. The van der Waals surface area contributed by atoms with Crippen molar-refractivity contribution in [3.63, 3.8) is 0 Å². The molecule has 0 aromatic heterocycles. The van der Waals surface area contributed by atoms with E-state index >= 15 is 0 Å². The van der Waals surface area contributed by atoms with Crippen molar-refractivity contribution in [1.82, 2.24) is 0 Å². The molecule has 0 saturated carbocycles. The summed E-state index contributed by atoms with van der Waals surface area (Å²) in [6.45, 7) is 0.802. The summed E-state index contributed by atoms with van der Waals surface area (Å²) in [5, 5.41) is 11.4. The third-order valence-electron chi connectivity index (χ3n) is 2.13. The summed E-state index contributed by atoms with van der Waals surface area (Å²) in [7, 11) is 1.72. The van der Waals surface area contributed by atoms with E-state index in [1.807, 2.05) is 0 Å². The van der Waals surface area contributed by atoms with Gasteiger partial charge in [0, 0.05) is 13.7 Å². The lowest BCUT2D eigenvalue weighted by atomic mass is 9.90. The van der Waals surface area contributed by atoms with Gasteiger partial charge >= 0.3 is 0 Å². The average molecular weight is 169 g/mol. The van der Waals surface area contributed by atoms with Crippen LogP contribution >= 0.6 is 0 Å². The topological polar surface area (TPSA) is 41.8 Å². The Morgan fingerprint density at radius 2 is 2.67 bits per heavy atom. The molecule has 0 radical (unpaired) electrons. The van der Waals surface area contributed by atoms with Gasteiger partial charge in [-0.05, 0) is 30.8 Å². The van der Waals surface area contributed by atoms with E-state index in [0.717, 1.165) is 25.0 Å². The van der Waals surface area contributed by atoms with Gasteiger partial charge in [0.2, 0.25) is 0 Å². The second-order valence-electron chi connectivity index (χ2n) is 3.13. The van der Waals surface area contributed by atoms with Crippen molar-refractivity contribution < 1.29 is 9.94 Å². The number of ether oxygens (including phenoxy) is 1. The Labute approximate surface area is 72.7 Å². The first-order chi connectivity index (χ1) is 5.86. The largest absolute Gasteiger partial charge is 0.411 e. The Morgan fingerprint density at radius 3 is 3.33 bits per heavy atom. The second-order valence-corrected chi connectivity index (χ2v) is 3.13. The lowest BCUT2D eigenvalue weighted by molar-refractivity contribution is 0.146. The van der Waals surface area contributed by atoms with Gasteiger partial charge in [0.15, 0.2) is 0 Å². The Kier molecular flexibility index (Phi) is 3.80. The molecule has 0 amide bonds. The maximum Gasteiger partial charge on any atom is 0.0690 e. The molecule has 12 heavy (non-hydrogen) atoms. The van der Waals surface area contributed by atoms with Crippen molar-refractivity contribution in [1.29, 1.82) is 0 Å². The highest BCUT2D eigenvalue weighted by atomic mass is 16.5. The summed E-state index contributed by atoms with van der Waals surface area (Å²) in [6, 6.07) is 0. The molecule has 1 unspecified atom stereocenters. The van der Waals surface area contributed by atoms with Crippen LogP contribution in [-0.4, -0.2) is 25.1 Å². The zero-order valence-corrected chi connectivity index (χ0v) is 7.36. The number of nitrogens with zero attached hydrogens (tertiary/aromatic N) is 1. The molecule has 0 aliphatic heterocycles. The molecular weight excluding hydrogens is 154 g/mol. The molecule has 0 fully saturated rings. The van der Waals surface area contributed by atoms with E-state index in [2.05, 4.69) is 11.2 Å². The molecule has 3 heteroatoms.